The van der Waals surface area contributed by atoms with Crippen molar-refractivity contribution in [3.05, 3.63) is 58.7 Å². The van der Waals surface area contributed by atoms with E-state index < -0.39 is 6.10 Å². The Labute approximate surface area is 165 Å². The largest absolute Gasteiger partial charge is 0.494 e. The van der Waals surface area contributed by atoms with E-state index in [0.717, 1.165) is 33.3 Å². The van der Waals surface area contributed by atoms with Gasteiger partial charge in [0.2, 0.25) is 5.88 Å². The maximum absolute atomic E-state index is 11.7. The lowest BCUT2D eigenvalue weighted by atomic mass is 10.1. The molecule has 28 heavy (non-hydrogen) atoms. The Morgan fingerprint density at radius 1 is 1.07 bits per heavy atom. The molecule has 0 aliphatic carbocycles. The van der Waals surface area contributed by atoms with E-state index in [1.54, 1.807) is 6.92 Å². The molecular weight excluding hydrogens is 352 g/mol. The summed E-state index contributed by atoms with van der Waals surface area (Å²) in [5.41, 5.74) is 6.23. The first-order valence-electron chi connectivity index (χ1n) is 9.34. The van der Waals surface area contributed by atoms with Gasteiger partial charge < -0.3 is 10.2 Å². The van der Waals surface area contributed by atoms with Crippen molar-refractivity contribution in [1.29, 1.82) is 0 Å². The van der Waals surface area contributed by atoms with Crippen LogP contribution in [0.2, 0.25) is 0 Å². The highest BCUT2D eigenvalue weighted by atomic mass is 16.3. The number of aliphatic hydroxyl groups excluding tert-OH is 1. The van der Waals surface area contributed by atoms with Gasteiger partial charge >= 0.3 is 0 Å². The highest BCUT2D eigenvalue weighted by Crippen LogP contribution is 2.36. The number of aromatic nitrogens is 1. The van der Waals surface area contributed by atoms with E-state index in [0.29, 0.717) is 11.3 Å². The second-order valence-corrected chi connectivity index (χ2v) is 7.44. The quantitative estimate of drug-likeness (QED) is 0.659. The Morgan fingerprint density at radius 2 is 1.71 bits per heavy atom. The molecule has 0 aliphatic rings. The zero-order chi connectivity index (χ0) is 20.6. The first-order valence-corrected chi connectivity index (χ1v) is 9.34. The first-order chi connectivity index (χ1) is 13.2. The number of aryl methyl sites for hydroxylation is 3. The number of fused-ring (bicyclic) bond motifs is 1. The van der Waals surface area contributed by atoms with Crippen LogP contribution in [-0.2, 0) is 4.79 Å². The second kappa shape index (κ2) is 7.60. The van der Waals surface area contributed by atoms with Gasteiger partial charge in [0, 0.05) is 16.8 Å². The van der Waals surface area contributed by atoms with Crippen molar-refractivity contribution < 1.29 is 15.0 Å². The average Bonchev–Trinajstić information content (AvgIpc) is 2.89. The van der Waals surface area contributed by atoms with Crippen LogP contribution < -0.4 is 0 Å². The fourth-order valence-electron chi connectivity index (χ4n) is 3.49. The summed E-state index contributed by atoms with van der Waals surface area (Å²) >= 11 is 0. The average molecular weight is 378 g/mol. The molecule has 0 saturated heterocycles. The zero-order valence-electron chi connectivity index (χ0n) is 16.9. The lowest BCUT2D eigenvalue weighted by molar-refractivity contribution is -0.124. The third-order valence-electron chi connectivity index (χ3n) is 4.86. The SMILES string of the molecule is CC(=NCC(=O)C(C)O)c1c(O)n(-c2cc(C)cc(C)c2)c2cc(C)ccc12. The maximum atomic E-state index is 11.7. The number of hydrogen-bond donors (Lipinski definition) is 2. The van der Waals surface area contributed by atoms with Crippen LogP contribution in [0.4, 0.5) is 0 Å². The first kappa shape index (κ1) is 19.8. The Hall–Kier alpha value is -2.92. The molecule has 0 spiro atoms. The third-order valence-corrected chi connectivity index (χ3v) is 4.86. The fraction of sp³-hybridized carbons (Fsp3) is 0.304. The predicted octanol–water partition coefficient (Wildman–Crippen LogP) is 4.02. The Bertz CT molecular complexity index is 1070. The maximum Gasteiger partial charge on any atom is 0.206 e. The molecule has 3 aromatic rings. The van der Waals surface area contributed by atoms with E-state index in [-0.39, 0.29) is 18.2 Å². The number of carbonyl (C=O) groups is 1. The van der Waals surface area contributed by atoms with Crippen LogP contribution in [-0.4, -0.2) is 38.9 Å². The predicted molar refractivity (Wildman–Crippen MR) is 113 cm³/mol. The molecule has 0 bridgehead atoms. The summed E-state index contributed by atoms with van der Waals surface area (Å²) in [5, 5.41) is 21.4. The third kappa shape index (κ3) is 3.71. The molecule has 1 atom stereocenters. The van der Waals surface area contributed by atoms with Crippen molar-refractivity contribution in [2.45, 2.75) is 40.7 Å². The number of rotatable bonds is 5. The minimum absolute atomic E-state index is 0.0938. The molecule has 2 N–H and O–H groups in total. The van der Waals surface area contributed by atoms with Crippen molar-refractivity contribution in [2.24, 2.45) is 4.99 Å². The molecular formula is C23H26N2O3. The van der Waals surface area contributed by atoms with Gasteiger partial charge in [0.25, 0.3) is 0 Å². The number of ketones is 1. The van der Waals surface area contributed by atoms with Gasteiger partial charge in [-0.2, -0.15) is 0 Å². The fourth-order valence-corrected chi connectivity index (χ4v) is 3.49. The Morgan fingerprint density at radius 3 is 2.32 bits per heavy atom. The van der Waals surface area contributed by atoms with Gasteiger partial charge in [0.15, 0.2) is 5.78 Å². The van der Waals surface area contributed by atoms with Crippen LogP contribution >= 0.6 is 0 Å². The summed E-state index contributed by atoms with van der Waals surface area (Å²) in [6.45, 7) is 9.15. The minimum atomic E-state index is -1.05. The normalized spacial score (nSPS) is 13.1. The number of benzene rings is 2. The number of carbonyl (C=O) groups excluding carboxylic acids is 1. The van der Waals surface area contributed by atoms with Gasteiger partial charge in [-0.1, -0.05) is 18.2 Å². The smallest absolute Gasteiger partial charge is 0.206 e. The molecule has 1 aromatic heterocycles. The van der Waals surface area contributed by atoms with Gasteiger partial charge in [-0.3, -0.25) is 14.4 Å². The van der Waals surface area contributed by atoms with Gasteiger partial charge in [0.1, 0.15) is 12.6 Å². The molecule has 146 valence electrons. The molecule has 5 nitrogen and oxygen atoms in total. The van der Waals surface area contributed by atoms with Gasteiger partial charge in [-0.25, -0.2) is 0 Å². The monoisotopic (exact) mass is 378 g/mol. The number of aliphatic hydroxyl groups is 1. The van der Waals surface area contributed by atoms with E-state index in [2.05, 4.69) is 11.1 Å². The van der Waals surface area contributed by atoms with Crippen LogP contribution in [0, 0.1) is 20.8 Å². The van der Waals surface area contributed by atoms with E-state index in [1.807, 2.05) is 55.7 Å². The van der Waals surface area contributed by atoms with E-state index in [9.17, 15) is 15.0 Å². The highest BCUT2D eigenvalue weighted by molar-refractivity contribution is 6.13. The van der Waals surface area contributed by atoms with E-state index in [1.165, 1.54) is 6.92 Å². The van der Waals surface area contributed by atoms with Crippen LogP contribution in [0.25, 0.3) is 16.6 Å². The number of aliphatic imine (C=N–C) groups is 1. The van der Waals surface area contributed by atoms with Gasteiger partial charge in [-0.05, 0) is 69.5 Å². The minimum Gasteiger partial charge on any atom is -0.494 e. The lowest BCUT2D eigenvalue weighted by Gasteiger charge is -2.10. The van der Waals surface area contributed by atoms with Crippen molar-refractivity contribution in [1.82, 2.24) is 4.57 Å². The summed E-state index contributed by atoms with van der Waals surface area (Å²) in [5.74, 6) is -0.260. The van der Waals surface area contributed by atoms with Gasteiger partial charge in [-0.15, -0.1) is 0 Å². The summed E-state index contributed by atoms with van der Waals surface area (Å²) in [7, 11) is 0. The van der Waals surface area contributed by atoms with Crippen LogP contribution in [0.5, 0.6) is 5.88 Å². The van der Waals surface area contributed by atoms with Crippen LogP contribution in [0.15, 0.2) is 41.4 Å². The number of aromatic hydroxyl groups is 1. The second-order valence-electron chi connectivity index (χ2n) is 7.44. The summed E-state index contributed by atoms with van der Waals surface area (Å²) in [4.78, 5) is 16.1. The zero-order valence-corrected chi connectivity index (χ0v) is 16.9. The highest BCUT2D eigenvalue weighted by Gasteiger charge is 2.20. The van der Waals surface area contributed by atoms with E-state index >= 15 is 0 Å². The topological polar surface area (TPSA) is 74.8 Å². The molecule has 0 aliphatic heterocycles. The van der Waals surface area contributed by atoms with Crippen molar-refractivity contribution in [2.75, 3.05) is 6.54 Å². The molecule has 0 fully saturated rings. The molecule has 5 heteroatoms. The standard InChI is InChI=1S/C23H26N2O3/c1-13-6-7-19-20(11-13)25(18-9-14(2)8-15(3)10-18)23(28)22(19)16(4)24-12-21(27)17(5)26/h6-11,17,26,28H,12H2,1-5H3. The molecule has 3 rings (SSSR count). The molecule has 2 aromatic carbocycles. The summed E-state index contributed by atoms with van der Waals surface area (Å²) < 4.78 is 1.83. The van der Waals surface area contributed by atoms with E-state index in [4.69, 9.17) is 0 Å². The van der Waals surface area contributed by atoms with Crippen molar-refractivity contribution >= 4 is 22.4 Å². The Balaban J connectivity index is 2.24. The molecule has 0 saturated carbocycles. The molecule has 1 unspecified atom stereocenters. The number of nitrogens with zero attached hydrogens (tertiary/aromatic N) is 2. The number of hydrogen-bond acceptors (Lipinski definition) is 4. The van der Waals surface area contributed by atoms with Crippen LogP contribution in [0.1, 0.15) is 36.1 Å². The van der Waals surface area contributed by atoms with Crippen LogP contribution in [0.3, 0.4) is 0 Å². The Kier molecular flexibility index (Phi) is 5.38. The molecule has 0 radical (unpaired) electrons. The number of Topliss-reactive ketones (excluding diaryl/α,β-unsaturated/α-hetero) is 1. The molecule has 1 heterocycles. The molecule has 0 amide bonds. The van der Waals surface area contributed by atoms with Crippen molar-refractivity contribution in [3.63, 3.8) is 0 Å². The van der Waals surface area contributed by atoms with Crippen molar-refractivity contribution in [3.8, 4) is 11.6 Å². The summed E-state index contributed by atoms with van der Waals surface area (Å²) in [6, 6.07) is 12.1. The van der Waals surface area contributed by atoms with Gasteiger partial charge in [0.05, 0.1) is 11.1 Å². The lowest BCUT2D eigenvalue weighted by Crippen LogP contribution is -2.19. The summed E-state index contributed by atoms with van der Waals surface area (Å²) in [6.07, 6.45) is -1.05.